The lowest BCUT2D eigenvalue weighted by Crippen LogP contribution is -2.17. The van der Waals surface area contributed by atoms with E-state index >= 15 is 0 Å². The first-order valence-corrected chi connectivity index (χ1v) is 5.03. The van der Waals surface area contributed by atoms with Crippen molar-refractivity contribution in [2.24, 2.45) is 0 Å². The van der Waals surface area contributed by atoms with Crippen LogP contribution in [0.3, 0.4) is 0 Å². The number of ketones is 1. The summed E-state index contributed by atoms with van der Waals surface area (Å²) in [6, 6.07) is 4.77. The summed E-state index contributed by atoms with van der Waals surface area (Å²) in [6.45, 7) is 0. The molecule has 1 rings (SSSR count). The van der Waals surface area contributed by atoms with Crippen molar-refractivity contribution in [3.05, 3.63) is 42.1 Å². The van der Waals surface area contributed by atoms with Gasteiger partial charge in [0.1, 0.15) is 5.75 Å². The average molecular weight is 259 g/mol. The van der Waals surface area contributed by atoms with Crippen LogP contribution in [0.4, 0.5) is 13.2 Å². The van der Waals surface area contributed by atoms with Gasteiger partial charge < -0.3 is 9.64 Å². The lowest BCUT2D eigenvalue weighted by Gasteiger charge is -2.08. The summed E-state index contributed by atoms with van der Waals surface area (Å²) in [6.07, 6.45) is -1.83. The SMILES string of the molecule is CN(C)/C=C/C(=O)c1ccc(OC(F)(F)F)cc1. The molecule has 6 heteroatoms. The summed E-state index contributed by atoms with van der Waals surface area (Å²) in [5.74, 6) is -0.641. The number of allylic oxidation sites excluding steroid dienone is 1. The smallest absolute Gasteiger partial charge is 0.406 e. The zero-order chi connectivity index (χ0) is 13.8. The highest BCUT2D eigenvalue weighted by molar-refractivity contribution is 6.04. The molecule has 0 saturated heterocycles. The van der Waals surface area contributed by atoms with Gasteiger partial charge in [-0.1, -0.05) is 0 Å². The fourth-order valence-electron chi connectivity index (χ4n) is 1.13. The number of rotatable bonds is 4. The molecule has 0 aliphatic rings. The molecule has 0 fully saturated rings. The molecule has 0 amide bonds. The number of nitrogens with zero attached hydrogens (tertiary/aromatic N) is 1. The fraction of sp³-hybridized carbons (Fsp3) is 0.250. The zero-order valence-corrected chi connectivity index (χ0v) is 9.86. The highest BCUT2D eigenvalue weighted by atomic mass is 19.4. The van der Waals surface area contributed by atoms with Crippen molar-refractivity contribution in [2.45, 2.75) is 6.36 Å². The monoisotopic (exact) mass is 259 g/mol. The second-order valence-electron chi connectivity index (χ2n) is 3.72. The van der Waals surface area contributed by atoms with Crippen molar-refractivity contribution >= 4 is 5.78 Å². The second kappa shape index (κ2) is 5.57. The van der Waals surface area contributed by atoms with Crippen LogP contribution in [-0.2, 0) is 0 Å². The predicted octanol–water partition coefficient (Wildman–Crippen LogP) is 2.84. The Bertz CT molecular complexity index is 436. The molecule has 0 bridgehead atoms. The van der Waals surface area contributed by atoms with Gasteiger partial charge in [0, 0.05) is 31.9 Å². The molecule has 0 N–H and O–H groups in total. The van der Waals surface area contributed by atoms with Crippen LogP contribution in [0.25, 0.3) is 0 Å². The van der Waals surface area contributed by atoms with Crippen LogP contribution in [-0.4, -0.2) is 31.1 Å². The van der Waals surface area contributed by atoms with Gasteiger partial charge >= 0.3 is 6.36 Å². The van der Waals surface area contributed by atoms with E-state index in [0.717, 1.165) is 12.1 Å². The van der Waals surface area contributed by atoms with E-state index in [1.165, 1.54) is 18.2 Å². The van der Waals surface area contributed by atoms with Crippen molar-refractivity contribution in [3.8, 4) is 5.75 Å². The maximum Gasteiger partial charge on any atom is 0.573 e. The van der Waals surface area contributed by atoms with Crippen molar-refractivity contribution < 1.29 is 22.7 Å². The molecule has 18 heavy (non-hydrogen) atoms. The molecule has 3 nitrogen and oxygen atoms in total. The molecule has 0 unspecified atom stereocenters. The standard InChI is InChI=1S/C12H12F3NO2/c1-16(2)8-7-11(17)9-3-5-10(6-4-9)18-12(13,14)15/h3-8H,1-2H3/b8-7+. The first-order valence-electron chi connectivity index (χ1n) is 5.03. The summed E-state index contributed by atoms with van der Waals surface area (Å²) in [5, 5.41) is 0. The van der Waals surface area contributed by atoms with Crippen LogP contribution < -0.4 is 4.74 Å². The Morgan fingerprint density at radius 1 is 1.22 bits per heavy atom. The van der Waals surface area contributed by atoms with Gasteiger partial charge in [0.05, 0.1) is 0 Å². The topological polar surface area (TPSA) is 29.5 Å². The number of carbonyl (C=O) groups excluding carboxylic acids is 1. The average Bonchev–Trinajstić information content (AvgIpc) is 2.24. The van der Waals surface area contributed by atoms with E-state index in [2.05, 4.69) is 4.74 Å². The van der Waals surface area contributed by atoms with E-state index in [9.17, 15) is 18.0 Å². The third-order valence-electron chi connectivity index (χ3n) is 1.90. The Morgan fingerprint density at radius 2 is 1.78 bits per heavy atom. The van der Waals surface area contributed by atoms with Crippen LogP contribution in [0.5, 0.6) is 5.75 Å². The van der Waals surface area contributed by atoms with Crippen molar-refractivity contribution in [3.63, 3.8) is 0 Å². The van der Waals surface area contributed by atoms with Crippen molar-refractivity contribution in [1.82, 2.24) is 4.90 Å². The van der Waals surface area contributed by atoms with Gasteiger partial charge in [0.15, 0.2) is 5.78 Å². The lowest BCUT2D eigenvalue weighted by molar-refractivity contribution is -0.274. The van der Waals surface area contributed by atoms with E-state index in [4.69, 9.17) is 0 Å². The Morgan fingerprint density at radius 3 is 2.22 bits per heavy atom. The molecule has 1 aromatic rings. The maximum absolute atomic E-state index is 11.9. The molecule has 0 heterocycles. The van der Waals surface area contributed by atoms with Crippen LogP contribution >= 0.6 is 0 Å². The number of halogens is 3. The highest BCUT2D eigenvalue weighted by Gasteiger charge is 2.30. The molecule has 0 aromatic heterocycles. The normalized spacial score (nSPS) is 11.6. The van der Waals surface area contributed by atoms with Gasteiger partial charge in [-0.05, 0) is 24.3 Å². The summed E-state index contributed by atoms with van der Waals surface area (Å²) >= 11 is 0. The molecular formula is C12H12F3NO2. The Hall–Kier alpha value is -1.98. The first kappa shape index (κ1) is 14.1. The van der Waals surface area contributed by atoms with Crippen molar-refractivity contribution in [2.75, 3.05) is 14.1 Å². The summed E-state index contributed by atoms with van der Waals surface area (Å²) < 4.78 is 39.4. The second-order valence-corrected chi connectivity index (χ2v) is 3.72. The molecule has 0 spiro atoms. The lowest BCUT2D eigenvalue weighted by atomic mass is 10.1. The molecule has 0 aliphatic heterocycles. The molecule has 0 saturated carbocycles. The van der Waals surface area contributed by atoms with Crippen LogP contribution in [0.15, 0.2) is 36.5 Å². The number of hydrogen-bond acceptors (Lipinski definition) is 3. The van der Waals surface area contributed by atoms with Gasteiger partial charge in [0.25, 0.3) is 0 Å². The van der Waals surface area contributed by atoms with Gasteiger partial charge in [0.2, 0.25) is 0 Å². The third kappa shape index (κ3) is 4.90. The van der Waals surface area contributed by atoms with Crippen molar-refractivity contribution in [1.29, 1.82) is 0 Å². The molecule has 0 atom stereocenters. The Labute approximate surface area is 102 Å². The van der Waals surface area contributed by atoms with E-state index in [0.29, 0.717) is 5.56 Å². The number of hydrogen-bond donors (Lipinski definition) is 0. The minimum atomic E-state index is -4.73. The van der Waals surface area contributed by atoms with Crippen LogP contribution in [0.2, 0.25) is 0 Å². The third-order valence-corrected chi connectivity index (χ3v) is 1.90. The van der Waals surface area contributed by atoms with Gasteiger partial charge in [-0.2, -0.15) is 0 Å². The maximum atomic E-state index is 11.9. The molecule has 0 radical (unpaired) electrons. The van der Waals surface area contributed by atoms with Crippen LogP contribution in [0, 0.1) is 0 Å². The summed E-state index contributed by atoms with van der Waals surface area (Å²) in [5.41, 5.74) is 0.294. The molecular weight excluding hydrogens is 247 g/mol. The summed E-state index contributed by atoms with van der Waals surface area (Å²) in [7, 11) is 3.51. The van der Waals surface area contributed by atoms with E-state index in [1.807, 2.05) is 0 Å². The summed E-state index contributed by atoms with van der Waals surface area (Å²) in [4.78, 5) is 13.2. The predicted molar refractivity (Wildman–Crippen MR) is 60.3 cm³/mol. The Balaban J connectivity index is 2.74. The van der Waals surface area contributed by atoms with E-state index in [1.54, 1.807) is 25.2 Å². The fourth-order valence-corrected chi connectivity index (χ4v) is 1.13. The largest absolute Gasteiger partial charge is 0.573 e. The van der Waals surface area contributed by atoms with E-state index in [-0.39, 0.29) is 11.5 Å². The molecule has 1 aromatic carbocycles. The number of ether oxygens (including phenoxy) is 1. The number of alkyl halides is 3. The van der Waals surface area contributed by atoms with Crippen LogP contribution in [0.1, 0.15) is 10.4 Å². The molecule has 98 valence electrons. The number of carbonyl (C=O) groups is 1. The quantitative estimate of drug-likeness (QED) is 0.615. The Kier molecular flexibility index (Phi) is 4.36. The zero-order valence-electron chi connectivity index (χ0n) is 9.86. The van der Waals surface area contributed by atoms with Gasteiger partial charge in [-0.25, -0.2) is 0 Å². The molecule has 0 aliphatic carbocycles. The first-order chi connectivity index (χ1) is 8.28. The van der Waals surface area contributed by atoms with Gasteiger partial charge in [-0.15, -0.1) is 13.2 Å². The minimum absolute atomic E-state index is 0.290. The number of benzene rings is 1. The highest BCUT2D eigenvalue weighted by Crippen LogP contribution is 2.22. The minimum Gasteiger partial charge on any atom is -0.406 e. The van der Waals surface area contributed by atoms with E-state index < -0.39 is 6.36 Å². The van der Waals surface area contributed by atoms with Gasteiger partial charge in [-0.3, -0.25) is 4.79 Å².